The molecule has 0 bridgehead atoms. The van der Waals surface area contributed by atoms with E-state index in [1.165, 1.54) is 18.2 Å². The van der Waals surface area contributed by atoms with Crippen molar-refractivity contribution in [1.82, 2.24) is 4.90 Å². The smallest absolute Gasteiger partial charge is 0.485 e. The Morgan fingerprint density at radius 1 is 1.03 bits per heavy atom. The number of hydrogen-bond acceptors (Lipinski definition) is 6. The topological polar surface area (TPSA) is 94.2 Å². The van der Waals surface area contributed by atoms with Crippen LogP contribution in [0.5, 0.6) is 17.2 Å². The Balaban J connectivity index is 1.43. The van der Waals surface area contributed by atoms with Crippen LogP contribution < -0.4 is 18.9 Å². The highest BCUT2D eigenvalue weighted by molar-refractivity contribution is 7.92. The average molecular weight is 486 g/mol. The van der Waals surface area contributed by atoms with Crippen LogP contribution in [0.25, 0.3) is 0 Å². The molecule has 8 nitrogen and oxygen atoms in total. The summed E-state index contributed by atoms with van der Waals surface area (Å²) in [6.07, 6.45) is -2.66. The summed E-state index contributed by atoms with van der Waals surface area (Å²) in [5, 5.41) is 0. The summed E-state index contributed by atoms with van der Waals surface area (Å²) in [5.74, 6) is -0.200. The van der Waals surface area contributed by atoms with E-state index >= 15 is 0 Å². The zero-order chi connectivity index (χ0) is 23.6. The summed E-state index contributed by atoms with van der Waals surface area (Å²) in [6.45, 7) is 1.31. The normalized spacial score (nSPS) is 18.5. The van der Waals surface area contributed by atoms with Gasteiger partial charge < -0.3 is 19.1 Å². The molecule has 0 radical (unpaired) electrons. The number of piperidine rings is 1. The van der Waals surface area contributed by atoms with Crippen molar-refractivity contribution in [2.45, 2.75) is 36.6 Å². The summed E-state index contributed by atoms with van der Waals surface area (Å²) in [5.41, 5.74) is 0.0478. The Bertz CT molecular complexity index is 1120. The third kappa shape index (κ3) is 5.62. The van der Waals surface area contributed by atoms with Crippen LogP contribution in [0, 0.1) is 0 Å². The molecular formula is C21H21F3N2O6S. The standard InChI is InChI=1S/C21H21F3N2O6S/c22-21(23,24)32-15-6-4-14(5-7-15)25-33(28,29)16-8-9-17-18(12-16)30-13-19(31-17)20(27)26-10-2-1-3-11-26/h4-9,12,19,25H,1-3,10-11,13H2. The maximum absolute atomic E-state index is 12.7. The summed E-state index contributed by atoms with van der Waals surface area (Å²) in [7, 11) is -4.07. The number of nitrogens with zero attached hydrogens (tertiary/aromatic N) is 1. The lowest BCUT2D eigenvalue weighted by Gasteiger charge is -2.32. The van der Waals surface area contributed by atoms with Crippen LogP contribution in [-0.2, 0) is 14.8 Å². The Hall–Kier alpha value is -3.15. The third-order valence-electron chi connectivity index (χ3n) is 5.17. The molecule has 1 atom stereocenters. The van der Waals surface area contributed by atoms with Gasteiger partial charge in [-0.05, 0) is 55.7 Å². The predicted molar refractivity (Wildman–Crippen MR) is 111 cm³/mol. The first kappa shape index (κ1) is 23.0. The molecule has 1 N–H and O–H groups in total. The second-order valence-electron chi connectivity index (χ2n) is 7.59. The van der Waals surface area contributed by atoms with Crippen LogP contribution in [0.15, 0.2) is 47.4 Å². The number of carbonyl (C=O) groups is 1. The van der Waals surface area contributed by atoms with Gasteiger partial charge in [-0.25, -0.2) is 8.42 Å². The van der Waals surface area contributed by atoms with Crippen LogP contribution in [0.4, 0.5) is 18.9 Å². The number of nitrogens with one attached hydrogen (secondary N) is 1. The van der Waals surface area contributed by atoms with Crippen molar-refractivity contribution in [3.63, 3.8) is 0 Å². The Labute approximate surface area is 188 Å². The maximum Gasteiger partial charge on any atom is 0.573 e. The summed E-state index contributed by atoms with van der Waals surface area (Å²) in [6, 6.07) is 8.24. The molecule has 2 aliphatic rings. The highest BCUT2D eigenvalue weighted by Gasteiger charge is 2.33. The number of amides is 1. The van der Waals surface area contributed by atoms with E-state index in [2.05, 4.69) is 9.46 Å². The Morgan fingerprint density at radius 3 is 2.39 bits per heavy atom. The highest BCUT2D eigenvalue weighted by Crippen LogP contribution is 2.35. The second kappa shape index (κ2) is 9.00. The van der Waals surface area contributed by atoms with E-state index in [4.69, 9.17) is 9.47 Å². The SMILES string of the molecule is O=C(C1COc2cc(S(=O)(=O)Nc3ccc(OC(F)(F)F)cc3)ccc2O1)N1CCCCC1. The molecule has 12 heteroatoms. The highest BCUT2D eigenvalue weighted by atomic mass is 32.2. The van der Waals surface area contributed by atoms with Gasteiger partial charge in [-0.15, -0.1) is 13.2 Å². The second-order valence-corrected chi connectivity index (χ2v) is 9.27. The summed E-state index contributed by atoms with van der Waals surface area (Å²) < 4.78 is 79.6. The molecule has 2 heterocycles. The first-order valence-electron chi connectivity index (χ1n) is 10.2. The van der Waals surface area contributed by atoms with Crippen LogP contribution in [0.2, 0.25) is 0 Å². The van der Waals surface area contributed by atoms with Crippen LogP contribution in [0.3, 0.4) is 0 Å². The largest absolute Gasteiger partial charge is 0.573 e. The summed E-state index contributed by atoms with van der Waals surface area (Å²) >= 11 is 0. The first-order chi connectivity index (χ1) is 15.6. The number of alkyl halides is 3. The fourth-order valence-corrected chi connectivity index (χ4v) is 4.67. The number of hydrogen-bond donors (Lipinski definition) is 1. The molecule has 1 saturated heterocycles. The van der Waals surface area contributed by atoms with E-state index in [0.29, 0.717) is 13.1 Å². The number of ether oxygens (including phenoxy) is 3. The number of anilines is 1. The van der Waals surface area contributed by atoms with Crippen molar-refractivity contribution < 1.29 is 40.6 Å². The number of fused-ring (bicyclic) bond motifs is 1. The molecule has 1 unspecified atom stereocenters. The zero-order valence-electron chi connectivity index (χ0n) is 17.3. The van der Waals surface area contributed by atoms with Crippen LogP contribution in [0.1, 0.15) is 19.3 Å². The Kier molecular flexibility index (Phi) is 6.28. The minimum absolute atomic E-state index is 0.0417. The van der Waals surface area contributed by atoms with Gasteiger partial charge in [0.1, 0.15) is 12.4 Å². The van der Waals surface area contributed by atoms with Gasteiger partial charge in [-0.1, -0.05) is 0 Å². The third-order valence-corrected chi connectivity index (χ3v) is 6.55. The van der Waals surface area contributed by atoms with Crippen molar-refractivity contribution in [2.24, 2.45) is 0 Å². The molecule has 1 amide bonds. The van der Waals surface area contributed by atoms with Crippen molar-refractivity contribution in [1.29, 1.82) is 0 Å². The molecule has 0 saturated carbocycles. The lowest BCUT2D eigenvalue weighted by Crippen LogP contribution is -2.48. The molecule has 0 aromatic heterocycles. The van der Waals surface area contributed by atoms with Crippen LogP contribution in [-0.4, -0.2) is 51.4 Å². The van der Waals surface area contributed by atoms with Crippen molar-refractivity contribution in [2.75, 3.05) is 24.4 Å². The van der Waals surface area contributed by atoms with E-state index < -0.39 is 28.2 Å². The molecule has 178 valence electrons. The number of carbonyl (C=O) groups excluding carboxylic acids is 1. The van der Waals surface area contributed by atoms with Gasteiger partial charge in [0.25, 0.3) is 15.9 Å². The quantitative estimate of drug-likeness (QED) is 0.695. The maximum atomic E-state index is 12.7. The number of benzene rings is 2. The Morgan fingerprint density at radius 2 is 1.73 bits per heavy atom. The van der Waals surface area contributed by atoms with E-state index in [1.807, 2.05) is 0 Å². The zero-order valence-corrected chi connectivity index (χ0v) is 18.1. The van der Waals surface area contributed by atoms with Gasteiger partial charge >= 0.3 is 6.36 Å². The van der Waals surface area contributed by atoms with Crippen molar-refractivity contribution >= 4 is 21.6 Å². The van der Waals surface area contributed by atoms with Crippen molar-refractivity contribution in [3.8, 4) is 17.2 Å². The molecule has 0 aliphatic carbocycles. The molecule has 1 fully saturated rings. The molecule has 33 heavy (non-hydrogen) atoms. The van der Waals surface area contributed by atoms with Crippen molar-refractivity contribution in [3.05, 3.63) is 42.5 Å². The van der Waals surface area contributed by atoms with Gasteiger partial charge in [0, 0.05) is 24.8 Å². The average Bonchev–Trinajstić information content (AvgIpc) is 2.78. The lowest BCUT2D eigenvalue weighted by molar-refractivity contribution is -0.274. The number of sulfonamides is 1. The predicted octanol–water partition coefficient (Wildman–Crippen LogP) is 3.54. The monoisotopic (exact) mass is 486 g/mol. The molecule has 2 aromatic rings. The first-order valence-corrected chi connectivity index (χ1v) is 11.7. The molecule has 2 aliphatic heterocycles. The number of rotatable bonds is 5. The minimum atomic E-state index is -4.84. The molecular weight excluding hydrogens is 465 g/mol. The fourth-order valence-electron chi connectivity index (χ4n) is 3.60. The van der Waals surface area contributed by atoms with Gasteiger partial charge in [0.05, 0.1) is 4.90 Å². The van der Waals surface area contributed by atoms with E-state index in [1.54, 1.807) is 4.90 Å². The molecule has 0 spiro atoms. The fraction of sp³-hybridized carbons (Fsp3) is 0.381. The van der Waals surface area contributed by atoms with E-state index in [9.17, 15) is 26.4 Å². The van der Waals surface area contributed by atoms with Crippen LogP contribution >= 0.6 is 0 Å². The molecule has 2 aromatic carbocycles. The van der Waals surface area contributed by atoms with Gasteiger partial charge in [0.15, 0.2) is 11.5 Å². The minimum Gasteiger partial charge on any atom is -0.485 e. The number of likely N-dealkylation sites (tertiary alicyclic amines) is 1. The number of halogens is 3. The van der Waals surface area contributed by atoms with Gasteiger partial charge in [0.2, 0.25) is 6.10 Å². The lowest BCUT2D eigenvalue weighted by atomic mass is 10.1. The summed E-state index contributed by atoms with van der Waals surface area (Å²) in [4.78, 5) is 14.2. The van der Waals surface area contributed by atoms with E-state index in [0.717, 1.165) is 43.5 Å². The molecule has 4 rings (SSSR count). The van der Waals surface area contributed by atoms with E-state index in [-0.39, 0.29) is 34.6 Å². The van der Waals surface area contributed by atoms with Gasteiger partial charge in [-0.2, -0.15) is 0 Å². The van der Waals surface area contributed by atoms with Gasteiger partial charge in [-0.3, -0.25) is 9.52 Å².